The van der Waals surface area contributed by atoms with E-state index in [0.29, 0.717) is 38.9 Å². The van der Waals surface area contributed by atoms with Crippen molar-refractivity contribution in [2.45, 2.75) is 44.7 Å². The molecule has 10 heteroatoms. The lowest BCUT2D eigenvalue weighted by Gasteiger charge is -2.31. The lowest BCUT2D eigenvalue weighted by atomic mass is 9.91. The number of ether oxygens (including phenoxy) is 1. The number of rotatable bonds is 7. The molecule has 0 radical (unpaired) electrons. The second-order valence-electron chi connectivity index (χ2n) is 10.2. The summed E-state index contributed by atoms with van der Waals surface area (Å²) in [5.74, 6) is 0.918. The van der Waals surface area contributed by atoms with E-state index in [1.807, 2.05) is 55.5 Å². The molecule has 0 bridgehead atoms. The standard InChI is InChI=1S/C31H29N5O4S/c1-3-25(37)33-19-8-7-9-20(17-19)34-29(38)28-27-26-24(14-15-32-30(26)41-28)36(31(39)35-27)23-13-12-22(16-18(23)2)40-21-10-5-4-6-11-21/h3-6,10-16,19-20H,1,7-9,17H2,2H3,(H,33,37)(H,34,38)(H,35,39). The highest BCUT2D eigenvalue weighted by atomic mass is 32.1. The Kier molecular flexibility index (Phi) is 7.15. The Labute approximate surface area is 241 Å². The second kappa shape index (κ2) is 11.1. The molecule has 1 fully saturated rings. The van der Waals surface area contributed by atoms with Crippen molar-refractivity contribution >= 4 is 56.5 Å². The van der Waals surface area contributed by atoms with Gasteiger partial charge in [0.1, 0.15) is 21.2 Å². The van der Waals surface area contributed by atoms with E-state index in [0.717, 1.165) is 36.0 Å². The minimum atomic E-state index is -0.359. The number of hydrogen-bond donors (Lipinski definition) is 3. The monoisotopic (exact) mass is 567 g/mol. The van der Waals surface area contributed by atoms with E-state index in [2.05, 4.69) is 27.5 Å². The maximum absolute atomic E-state index is 13.6. The fraction of sp³-hybridized carbons (Fsp3) is 0.226. The van der Waals surface area contributed by atoms with Gasteiger partial charge in [0.25, 0.3) is 5.91 Å². The van der Waals surface area contributed by atoms with Crippen molar-refractivity contribution in [3.8, 4) is 11.5 Å². The summed E-state index contributed by atoms with van der Waals surface area (Å²) < 4.78 is 5.97. The van der Waals surface area contributed by atoms with Crippen molar-refractivity contribution in [2.75, 3.05) is 10.2 Å². The van der Waals surface area contributed by atoms with Gasteiger partial charge in [0, 0.05) is 18.3 Å². The zero-order chi connectivity index (χ0) is 28.5. The minimum absolute atomic E-state index is 0.0189. The van der Waals surface area contributed by atoms with Crippen LogP contribution in [-0.2, 0) is 4.79 Å². The largest absolute Gasteiger partial charge is 0.457 e. The molecule has 2 atom stereocenters. The number of nitrogens with zero attached hydrogens (tertiary/aromatic N) is 2. The van der Waals surface area contributed by atoms with Crippen LogP contribution < -0.4 is 25.6 Å². The van der Waals surface area contributed by atoms with Crippen LogP contribution in [0, 0.1) is 6.92 Å². The first-order valence-electron chi connectivity index (χ1n) is 13.5. The molecule has 1 aliphatic heterocycles. The number of aromatic nitrogens is 1. The summed E-state index contributed by atoms with van der Waals surface area (Å²) in [5.41, 5.74) is 2.69. The molecule has 41 heavy (non-hydrogen) atoms. The molecule has 2 aromatic heterocycles. The molecular formula is C31H29N5O4S. The van der Waals surface area contributed by atoms with E-state index < -0.39 is 0 Å². The fourth-order valence-electron chi connectivity index (χ4n) is 5.51. The number of para-hydroxylation sites is 1. The normalized spacial score (nSPS) is 18.0. The van der Waals surface area contributed by atoms with Gasteiger partial charge in [-0.05, 0) is 80.6 Å². The lowest BCUT2D eigenvalue weighted by Crippen LogP contribution is -2.45. The van der Waals surface area contributed by atoms with E-state index >= 15 is 0 Å². The van der Waals surface area contributed by atoms with E-state index in [-0.39, 0.29) is 29.9 Å². The maximum Gasteiger partial charge on any atom is 0.331 e. The van der Waals surface area contributed by atoms with Crippen LogP contribution in [0.1, 0.15) is 40.9 Å². The molecule has 6 rings (SSSR count). The number of carbonyl (C=O) groups is 3. The molecule has 0 saturated heterocycles. The molecular weight excluding hydrogens is 538 g/mol. The van der Waals surface area contributed by atoms with Crippen LogP contribution in [0.4, 0.5) is 21.9 Å². The average Bonchev–Trinajstić information content (AvgIpc) is 3.34. The van der Waals surface area contributed by atoms with Gasteiger partial charge < -0.3 is 20.7 Å². The van der Waals surface area contributed by atoms with Crippen LogP contribution in [0.5, 0.6) is 11.5 Å². The van der Waals surface area contributed by atoms with Gasteiger partial charge in [-0.15, -0.1) is 11.3 Å². The van der Waals surface area contributed by atoms with Crippen molar-refractivity contribution < 1.29 is 19.1 Å². The van der Waals surface area contributed by atoms with Crippen LogP contribution in [-0.4, -0.2) is 34.9 Å². The molecule has 208 valence electrons. The van der Waals surface area contributed by atoms with Gasteiger partial charge in [0.2, 0.25) is 5.91 Å². The third-order valence-electron chi connectivity index (χ3n) is 7.38. The third-order valence-corrected chi connectivity index (χ3v) is 8.48. The van der Waals surface area contributed by atoms with Crippen molar-refractivity contribution in [2.24, 2.45) is 0 Å². The molecule has 2 aromatic carbocycles. The predicted octanol–water partition coefficient (Wildman–Crippen LogP) is 6.42. The number of anilines is 3. The van der Waals surface area contributed by atoms with Crippen molar-refractivity contribution in [1.29, 1.82) is 0 Å². The molecule has 9 nitrogen and oxygen atoms in total. The number of benzene rings is 2. The third kappa shape index (κ3) is 5.26. The number of aryl methyl sites for hydroxylation is 1. The van der Waals surface area contributed by atoms with E-state index in [9.17, 15) is 14.4 Å². The summed E-state index contributed by atoms with van der Waals surface area (Å²) in [6, 6.07) is 16.4. The van der Waals surface area contributed by atoms with Gasteiger partial charge in [0.05, 0.1) is 22.4 Å². The van der Waals surface area contributed by atoms with E-state index in [4.69, 9.17) is 4.74 Å². The number of carbonyl (C=O) groups excluding carboxylic acids is 3. The fourth-order valence-corrected chi connectivity index (χ4v) is 6.54. The highest BCUT2D eigenvalue weighted by Crippen LogP contribution is 2.46. The molecule has 2 aliphatic rings. The number of urea groups is 1. The summed E-state index contributed by atoms with van der Waals surface area (Å²) >= 11 is 1.25. The summed E-state index contributed by atoms with van der Waals surface area (Å²) in [7, 11) is 0. The van der Waals surface area contributed by atoms with Crippen LogP contribution in [0.25, 0.3) is 10.2 Å². The number of nitrogens with one attached hydrogen (secondary N) is 3. The smallest absolute Gasteiger partial charge is 0.331 e. The van der Waals surface area contributed by atoms with Gasteiger partial charge in [-0.2, -0.15) is 0 Å². The quantitative estimate of drug-likeness (QED) is 0.223. The molecule has 3 N–H and O–H groups in total. The van der Waals surface area contributed by atoms with Gasteiger partial charge in [-0.25, -0.2) is 9.78 Å². The van der Waals surface area contributed by atoms with Crippen LogP contribution >= 0.6 is 11.3 Å². The molecule has 1 saturated carbocycles. The Morgan fingerprint density at radius 1 is 1.07 bits per heavy atom. The second-order valence-corrected chi connectivity index (χ2v) is 11.2. The highest BCUT2D eigenvalue weighted by molar-refractivity contribution is 7.21. The van der Waals surface area contributed by atoms with Crippen molar-refractivity contribution in [1.82, 2.24) is 15.6 Å². The Hall–Kier alpha value is -4.70. The maximum atomic E-state index is 13.6. The van der Waals surface area contributed by atoms with E-state index in [1.54, 1.807) is 17.2 Å². The molecule has 2 unspecified atom stereocenters. The first-order valence-corrected chi connectivity index (χ1v) is 14.3. The summed E-state index contributed by atoms with van der Waals surface area (Å²) in [6.07, 6.45) is 6.12. The predicted molar refractivity (Wildman–Crippen MR) is 160 cm³/mol. The summed E-state index contributed by atoms with van der Waals surface area (Å²) in [4.78, 5) is 46.0. The van der Waals surface area contributed by atoms with E-state index in [1.165, 1.54) is 17.4 Å². The summed E-state index contributed by atoms with van der Waals surface area (Å²) in [6.45, 7) is 5.44. The van der Waals surface area contributed by atoms with Gasteiger partial charge in [-0.1, -0.05) is 24.8 Å². The first-order chi connectivity index (χ1) is 19.9. The Morgan fingerprint density at radius 2 is 1.85 bits per heavy atom. The first kappa shape index (κ1) is 26.5. The highest BCUT2D eigenvalue weighted by Gasteiger charge is 2.34. The van der Waals surface area contributed by atoms with Crippen LogP contribution in [0.2, 0.25) is 0 Å². The minimum Gasteiger partial charge on any atom is -0.457 e. The Balaban J connectivity index is 1.27. The van der Waals surface area contributed by atoms with Gasteiger partial charge in [-0.3, -0.25) is 14.5 Å². The van der Waals surface area contributed by atoms with Gasteiger partial charge in [0.15, 0.2) is 0 Å². The average molecular weight is 568 g/mol. The zero-order valence-corrected chi connectivity index (χ0v) is 23.3. The molecule has 4 amide bonds. The van der Waals surface area contributed by atoms with Crippen molar-refractivity contribution in [3.05, 3.63) is 83.9 Å². The summed E-state index contributed by atoms with van der Waals surface area (Å²) in [5, 5.41) is 9.74. The molecule has 4 aromatic rings. The lowest BCUT2D eigenvalue weighted by molar-refractivity contribution is -0.117. The topological polar surface area (TPSA) is 113 Å². The number of thiophene rings is 1. The number of amides is 4. The zero-order valence-electron chi connectivity index (χ0n) is 22.5. The molecule has 1 aliphatic carbocycles. The molecule has 0 spiro atoms. The SMILES string of the molecule is C=CC(=O)NC1CCCC(NC(=O)c2sc3nccc4c3c2NC(=O)N4c2ccc(Oc3ccccc3)cc2C)C1. The Bertz CT molecular complexity index is 1670. The van der Waals surface area contributed by atoms with Crippen LogP contribution in [0.15, 0.2) is 73.4 Å². The number of hydrogen-bond acceptors (Lipinski definition) is 6. The number of pyridine rings is 1. The van der Waals surface area contributed by atoms with Crippen molar-refractivity contribution in [3.63, 3.8) is 0 Å². The van der Waals surface area contributed by atoms with Gasteiger partial charge >= 0.3 is 6.03 Å². The molecule has 3 heterocycles. The Morgan fingerprint density at radius 3 is 2.61 bits per heavy atom. The van der Waals surface area contributed by atoms with Crippen LogP contribution in [0.3, 0.4) is 0 Å².